The lowest BCUT2D eigenvalue weighted by Crippen LogP contribution is -2.51. The van der Waals surface area contributed by atoms with Crippen molar-refractivity contribution in [2.24, 2.45) is 5.41 Å². The highest BCUT2D eigenvalue weighted by atomic mass is 32.1. The van der Waals surface area contributed by atoms with Crippen molar-refractivity contribution in [3.05, 3.63) is 11.1 Å². The summed E-state index contributed by atoms with van der Waals surface area (Å²) >= 11 is 1.41. The molecular formula is C16H24N4O3S. The van der Waals surface area contributed by atoms with Crippen LogP contribution in [-0.2, 0) is 9.53 Å². The van der Waals surface area contributed by atoms with Gasteiger partial charge in [-0.2, -0.15) is 0 Å². The number of hydrogen-bond donors (Lipinski definition) is 1. The molecular weight excluding hydrogens is 328 g/mol. The van der Waals surface area contributed by atoms with Crippen molar-refractivity contribution in [1.29, 1.82) is 0 Å². The number of methoxy groups -OCH3 is 1. The van der Waals surface area contributed by atoms with Crippen LogP contribution in [0.4, 0.5) is 5.13 Å². The van der Waals surface area contributed by atoms with Crippen molar-refractivity contribution in [3.63, 3.8) is 0 Å². The molecule has 24 heavy (non-hydrogen) atoms. The van der Waals surface area contributed by atoms with Gasteiger partial charge in [0, 0.05) is 45.7 Å². The molecule has 8 heteroatoms. The van der Waals surface area contributed by atoms with E-state index in [1.165, 1.54) is 11.3 Å². The molecule has 1 aromatic heterocycles. The summed E-state index contributed by atoms with van der Waals surface area (Å²) in [5, 5.41) is 5.45. The third kappa shape index (κ3) is 3.12. The maximum atomic E-state index is 12.9. The molecule has 1 N–H and O–H groups in total. The SMILES string of the molecule is CNc1nc(C(=O)N2CCC3(CCCN(CCOC)C3=O)C2)cs1. The number of nitrogens with zero attached hydrogens (tertiary/aromatic N) is 3. The maximum Gasteiger partial charge on any atom is 0.273 e. The van der Waals surface area contributed by atoms with Crippen molar-refractivity contribution in [1.82, 2.24) is 14.8 Å². The van der Waals surface area contributed by atoms with E-state index in [4.69, 9.17) is 4.74 Å². The van der Waals surface area contributed by atoms with Crippen molar-refractivity contribution in [2.75, 3.05) is 52.3 Å². The fraction of sp³-hybridized carbons (Fsp3) is 0.688. The minimum atomic E-state index is -0.413. The van der Waals surface area contributed by atoms with Crippen LogP contribution in [0.15, 0.2) is 5.38 Å². The quantitative estimate of drug-likeness (QED) is 0.864. The van der Waals surface area contributed by atoms with E-state index in [1.807, 2.05) is 4.90 Å². The normalized spacial score (nSPS) is 24.0. The van der Waals surface area contributed by atoms with Crippen molar-refractivity contribution in [2.45, 2.75) is 19.3 Å². The summed E-state index contributed by atoms with van der Waals surface area (Å²) < 4.78 is 5.10. The second-order valence-corrected chi connectivity index (χ2v) is 7.29. The number of hydrogen-bond acceptors (Lipinski definition) is 6. The van der Waals surface area contributed by atoms with Gasteiger partial charge in [-0.05, 0) is 19.3 Å². The Morgan fingerprint density at radius 3 is 3.00 bits per heavy atom. The number of ether oxygens (including phenoxy) is 1. The monoisotopic (exact) mass is 352 g/mol. The lowest BCUT2D eigenvalue weighted by molar-refractivity contribution is -0.146. The summed E-state index contributed by atoms with van der Waals surface area (Å²) in [6, 6.07) is 0. The van der Waals surface area contributed by atoms with Crippen LogP contribution in [0.2, 0.25) is 0 Å². The summed E-state index contributed by atoms with van der Waals surface area (Å²) in [6.45, 7) is 3.09. The highest BCUT2D eigenvalue weighted by Crippen LogP contribution is 2.40. The minimum absolute atomic E-state index is 0.0774. The molecule has 0 bridgehead atoms. The third-order valence-electron chi connectivity index (χ3n) is 4.97. The predicted molar refractivity (Wildman–Crippen MR) is 92.3 cm³/mol. The van der Waals surface area contributed by atoms with Gasteiger partial charge >= 0.3 is 0 Å². The van der Waals surface area contributed by atoms with Gasteiger partial charge < -0.3 is 19.9 Å². The Hall–Kier alpha value is -1.67. The van der Waals surface area contributed by atoms with Gasteiger partial charge in [-0.1, -0.05) is 0 Å². The molecule has 1 spiro atoms. The van der Waals surface area contributed by atoms with Gasteiger partial charge in [0.2, 0.25) is 5.91 Å². The zero-order chi connectivity index (χ0) is 17.2. The van der Waals surface area contributed by atoms with E-state index in [-0.39, 0.29) is 11.8 Å². The Labute approximate surface area is 146 Å². The molecule has 1 unspecified atom stereocenters. The van der Waals surface area contributed by atoms with Crippen LogP contribution < -0.4 is 5.32 Å². The number of rotatable bonds is 5. The van der Waals surface area contributed by atoms with Crippen molar-refractivity contribution >= 4 is 28.3 Å². The van der Waals surface area contributed by atoms with E-state index in [0.29, 0.717) is 31.9 Å². The van der Waals surface area contributed by atoms with E-state index in [9.17, 15) is 9.59 Å². The summed E-state index contributed by atoms with van der Waals surface area (Å²) in [5.74, 6) is 0.0988. The molecule has 7 nitrogen and oxygen atoms in total. The summed E-state index contributed by atoms with van der Waals surface area (Å²) in [7, 11) is 3.43. The highest BCUT2D eigenvalue weighted by molar-refractivity contribution is 7.13. The van der Waals surface area contributed by atoms with Gasteiger partial charge in [-0.25, -0.2) is 4.98 Å². The van der Waals surface area contributed by atoms with Gasteiger partial charge in [0.15, 0.2) is 5.13 Å². The second kappa shape index (κ2) is 7.06. The fourth-order valence-corrected chi connectivity index (χ4v) is 4.29. The van der Waals surface area contributed by atoms with E-state index in [2.05, 4.69) is 10.3 Å². The highest BCUT2D eigenvalue weighted by Gasteiger charge is 2.49. The Kier molecular flexibility index (Phi) is 5.05. The number of thiazole rings is 1. The summed E-state index contributed by atoms with van der Waals surface area (Å²) in [4.78, 5) is 33.5. The standard InChI is InChI=1S/C16H24N4O3S/c1-17-15-18-12(10-24-15)13(21)20-7-5-16(11-20)4-3-6-19(14(16)22)8-9-23-2/h10H,3-9,11H2,1-2H3,(H,17,18). The largest absolute Gasteiger partial charge is 0.383 e. The number of piperidine rings is 1. The van der Waals surface area contributed by atoms with E-state index >= 15 is 0 Å². The first kappa shape index (κ1) is 17.2. The zero-order valence-electron chi connectivity index (χ0n) is 14.2. The van der Waals surface area contributed by atoms with Crippen LogP contribution >= 0.6 is 11.3 Å². The molecule has 0 radical (unpaired) electrons. The fourth-order valence-electron chi connectivity index (χ4n) is 3.64. The average Bonchev–Trinajstić information content (AvgIpc) is 3.24. The molecule has 2 aliphatic rings. The summed E-state index contributed by atoms with van der Waals surface area (Å²) in [5.41, 5.74) is 0.0460. The number of carbonyl (C=O) groups is 2. The van der Waals surface area contributed by atoms with Crippen LogP contribution in [0.25, 0.3) is 0 Å². The van der Waals surface area contributed by atoms with E-state index in [1.54, 1.807) is 24.4 Å². The molecule has 0 aliphatic carbocycles. The van der Waals surface area contributed by atoms with Gasteiger partial charge in [0.1, 0.15) is 5.69 Å². The predicted octanol–water partition coefficient (Wildman–Crippen LogP) is 1.29. The van der Waals surface area contributed by atoms with Crippen LogP contribution in [0.5, 0.6) is 0 Å². The van der Waals surface area contributed by atoms with Crippen LogP contribution in [-0.4, -0.2) is 73.5 Å². The Balaban J connectivity index is 1.69. The average molecular weight is 352 g/mol. The molecule has 0 aromatic carbocycles. The number of anilines is 1. The Morgan fingerprint density at radius 1 is 1.46 bits per heavy atom. The van der Waals surface area contributed by atoms with Crippen LogP contribution in [0, 0.1) is 5.41 Å². The first-order valence-corrected chi connectivity index (χ1v) is 9.18. The number of amides is 2. The minimum Gasteiger partial charge on any atom is -0.383 e. The second-order valence-electron chi connectivity index (χ2n) is 6.43. The number of aromatic nitrogens is 1. The molecule has 2 saturated heterocycles. The molecule has 3 rings (SSSR count). The lowest BCUT2D eigenvalue weighted by Gasteiger charge is -2.39. The molecule has 2 fully saturated rings. The first-order valence-electron chi connectivity index (χ1n) is 8.30. The first-order chi connectivity index (χ1) is 11.6. The molecule has 1 atom stereocenters. The molecule has 2 aliphatic heterocycles. The van der Waals surface area contributed by atoms with Crippen molar-refractivity contribution < 1.29 is 14.3 Å². The Morgan fingerprint density at radius 2 is 2.29 bits per heavy atom. The van der Waals surface area contributed by atoms with Gasteiger partial charge in [0.25, 0.3) is 5.91 Å². The zero-order valence-corrected chi connectivity index (χ0v) is 15.0. The molecule has 2 amide bonds. The topological polar surface area (TPSA) is 74.8 Å². The molecule has 0 saturated carbocycles. The molecule has 132 valence electrons. The smallest absolute Gasteiger partial charge is 0.273 e. The van der Waals surface area contributed by atoms with Crippen molar-refractivity contribution in [3.8, 4) is 0 Å². The maximum absolute atomic E-state index is 12.9. The third-order valence-corrected chi connectivity index (χ3v) is 5.83. The van der Waals surface area contributed by atoms with Gasteiger partial charge in [0.05, 0.1) is 12.0 Å². The summed E-state index contributed by atoms with van der Waals surface area (Å²) in [6.07, 6.45) is 2.58. The number of likely N-dealkylation sites (tertiary alicyclic amines) is 2. The molecule has 3 heterocycles. The van der Waals surface area contributed by atoms with Crippen LogP contribution in [0.3, 0.4) is 0 Å². The van der Waals surface area contributed by atoms with E-state index < -0.39 is 5.41 Å². The lowest BCUT2D eigenvalue weighted by atomic mass is 9.78. The number of carbonyl (C=O) groups excluding carboxylic acids is 2. The van der Waals surface area contributed by atoms with E-state index in [0.717, 1.165) is 30.9 Å². The Bertz CT molecular complexity index is 620. The van der Waals surface area contributed by atoms with Gasteiger partial charge in [-0.15, -0.1) is 11.3 Å². The molecule has 1 aromatic rings. The van der Waals surface area contributed by atoms with Crippen LogP contribution in [0.1, 0.15) is 29.8 Å². The number of nitrogens with one attached hydrogen (secondary N) is 1. The van der Waals surface area contributed by atoms with Gasteiger partial charge in [-0.3, -0.25) is 9.59 Å².